The van der Waals surface area contributed by atoms with Gasteiger partial charge < -0.3 is 9.80 Å². The van der Waals surface area contributed by atoms with E-state index in [9.17, 15) is 0 Å². The molecule has 0 atom stereocenters. The molecule has 32 heavy (non-hydrogen) atoms. The standard InChI is InChI=1S/C23H31N7S2/c1-5-29(6-2)22(31)27-25-20(18-13-10-9-11-14-18)21(19-15-12-16-24-17-19)26-28-23(32)30(7-3)8-4/h9-17H,5-8H2,1-4H3,(H,27,31)(H,28,32). The predicted octanol–water partition coefficient (Wildman–Crippen LogP) is 3.62. The van der Waals surface area contributed by atoms with Crippen LogP contribution in [0.4, 0.5) is 0 Å². The number of hydrazone groups is 2. The first kappa shape index (κ1) is 25.4. The van der Waals surface area contributed by atoms with Crippen LogP contribution < -0.4 is 10.9 Å². The molecule has 1 heterocycles. The summed E-state index contributed by atoms with van der Waals surface area (Å²) < 4.78 is 0. The monoisotopic (exact) mass is 469 g/mol. The molecule has 1 aromatic carbocycles. The molecule has 0 spiro atoms. The molecule has 7 nitrogen and oxygen atoms in total. The second-order valence-electron chi connectivity index (χ2n) is 6.71. The van der Waals surface area contributed by atoms with E-state index in [1.807, 2.05) is 52.3 Å². The second-order valence-corrected chi connectivity index (χ2v) is 7.48. The van der Waals surface area contributed by atoms with Gasteiger partial charge in [0.1, 0.15) is 11.4 Å². The number of nitrogens with zero attached hydrogens (tertiary/aromatic N) is 5. The first-order chi connectivity index (χ1) is 15.5. The zero-order valence-corrected chi connectivity index (χ0v) is 20.7. The molecule has 0 saturated heterocycles. The molecule has 2 N–H and O–H groups in total. The molecule has 0 saturated carbocycles. The number of hydrogen-bond acceptors (Lipinski definition) is 5. The molecule has 0 bridgehead atoms. The van der Waals surface area contributed by atoms with E-state index >= 15 is 0 Å². The van der Waals surface area contributed by atoms with Gasteiger partial charge in [0.2, 0.25) is 0 Å². The van der Waals surface area contributed by atoms with Gasteiger partial charge in [0, 0.05) is 49.7 Å². The van der Waals surface area contributed by atoms with Gasteiger partial charge >= 0.3 is 0 Å². The van der Waals surface area contributed by atoms with Gasteiger partial charge in [-0.05, 0) is 64.3 Å². The van der Waals surface area contributed by atoms with E-state index in [1.165, 1.54) is 0 Å². The average Bonchev–Trinajstić information content (AvgIpc) is 2.83. The van der Waals surface area contributed by atoms with Crippen LogP contribution in [0.15, 0.2) is 65.1 Å². The van der Waals surface area contributed by atoms with E-state index in [2.05, 4.69) is 53.7 Å². The maximum atomic E-state index is 5.53. The summed E-state index contributed by atoms with van der Waals surface area (Å²) >= 11 is 11.1. The van der Waals surface area contributed by atoms with Crippen LogP contribution in [0, 0.1) is 0 Å². The molecule has 0 aliphatic rings. The van der Waals surface area contributed by atoms with E-state index in [0.29, 0.717) is 21.6 Å². The summed E-state index contributed by atoms with van der Waals surface area (Å²) in [6.07, 6.45) is 3.48. The Hall–Kier alpha value is -2.91. The molecule has 9 heteroatoms. The van der Waals surface area contributed by atoms with Gasteiger partial charge in [-0.3, -0.25) is 15.8 Å². The number of pyridine rings is 1. The smallest absolute Gasteiger partial charge is 0.189 e. The molecule has 0 amide bonds. The zero-order chi connectivity index (χ0) is 23.3. The minimum atomic E-state index is 0.551. The molecule has 170 valence electrons. The van der Waals surface area contributed by atoms with E-state index < -0.39 is 0 Å². The lowest BCUT2D eigenvalue weighted by Crippen LogP contribution is -2.39. The van der Waals surface area contributed by atoms with Crippen molar-refractivity contribution in [1.82, 2.24) is 25.6 Å². The van der Waals surface area contributed by atoms with Gasteiger partial charge in [0.05, 0.1) is 0 Å². The summed E-state index contributed by atoms with van der Waals surface area (Å²) in [5.41, 5.74) is 9.00. The Morgan fingerprint density at radius 1 is 0.750 bits per heavy atom. The van der Waals surface area contributed by atoms with E-state index in [0.717, 1.165) is 37.3 Å². The number of hydrogen-bond donors (Lipinski definition) is 2. The molecule has 2 aromatic rings. The molecular formula is C23H31N7S2. The van der Waals surface area contributed by atoms with Crippen molar-refractivity contribution in [3.63, 3.8) is 0 Å². The molecule has 0 aliphatic carbocycles. The number of thiocarbonyl (C=S) groups is 2. The molecule has 0 fully saturated rings. The molecule has 0 unspecified atom stereocenters. The van der Waals surface area contributed by atoms with Crippen LogP contribution in [0.3, 0.4) is 0 Å². The summed E-state index contributed by atoms with van der Waals surface area (Å²) in [6, 6.07) is 13.7. The van der Waals surface area contributed by atoms with Crippen molar-refractivity contribution in [2.45, 2.75) is 27.7 Å². The number of benzene rings is 1. The van der Waals surface area contributed by atoms with Gasteiger partial charge in [0.25, 0.3) is 0 Å². The van der Waals surface area contributed by atoms with Crippen LogP contribution in [-0.4, -0.2) is 62.6 Å². The molecule has 0 radical (unpaired) electrons. The Kier molecular flexibility index (Phi) is 10.7. The van der Waals surface area contributed by atoms with Crippen LogP contribution in [0.1, 0.15) is 38.8 Å². The lowest BCUT2D eigenvalue weighted by atomic mass is 10.0. The van der Waals surface area contributed by atoms with Gasteiger partial charge in [-0.25, -0.2) is 0 Å². The zero-order valence-electron chi connectivity index (χ0n) is 19.1. The Morgan fingerprint density at radius 2 is 1.22 bits per heavy atom. The Bertz CT molecular complexity index is 844. The summed E-state index contributed by atoms with van der Waals surface area (Å²) in [5, 5.41) is 10.5. The minimum absolute atomic E-state index is 0.551. The van der Waals surface area contributed by atoms with Gasteiger partial charge in [-0.2, -0.15) is 10.2 Å². The van der Waals surface area contributed by atoms with Crippen molar-refractivity contribution < 1.29 is 0 Å². The first-order valence-corrected chi connectivity index (χ1v) is 11.6. The third kappa shape index (κ3) is 7.06. The molecule has 1 aromatic heterocycles. The maximum absolute atomic E-state index is 5.53. The fourth-order valence-electron chi connectivity index (χ4n) is 2.98. The van der Waals surface area contributed by atoms with Crippen molar-refractivity contribution in [2.75, 3.05) is 26.2 Å². The van der Waals surface area contributed by atoms with Crippen LogP contribution in [0.25, 0.3) is 0 Å². The first-order valence-electron chi connectivity index (χ1n) is 10.8. The van der Waals surface area contributed by atoms with Gasteiger partial charge in [-0.15, -0.1) is 0 Å². The van der Waals surface area contributed by atoms with Crippen LogP contribution in [-0.2, 0) is 0 Å². The van der Waals surface area contributed by atoms with Crippen molar-refractivity contribution in [3.8, 4) is 0 Å². The average molecular weight is 470 g/mol. The fourth-order valence-corrected chi connectivity index (χ4v) is 3.59. The second kappa shape index (κ2) is 13.5. The lowest BCUT2D eigenvalue weighted by molar-refractivity contribution is 0.457. The quantitative estimate of drug-likeness (QED) is 0.330. The highest BCUT2D eigenvalue weighted by molar-refractivity contribution is 7.80. The summed E-state index contributed by atoms with van der Waals surface area (Å²) in [5.74, 6) is 0. The third-order valence-electron chi connectivity index (χ3n) is 4.83. The van der Waals surface area contributed by atoms with Crippen molar-refractivity contribution in [1.29, 1.82) is 0 Å². The third-order valence-corrected chi connectivity index (χ3v) is 5.53. The lowest BCUT2D eigenvalue weighted by Gasteiger charge is -2.22. The topological polar surface area (TPSA) is 68.2 Å². The highest BCUT2D eigenvalue weighted by Crippen LogP contribution is 2.10. The Morgan fingerprint density at radius 3 is 1.66 bits per heavy atom. The highest BCUT2D eigenvalue weighted by Gasteiger charge is 2.17. The normalized spacial score (nSPS) is 11.6. The maximum Gasteiger partial charge on any atom is 0.189 e. The Labute approximate surface area is 201 Å². The van der Waals surface area contributed by atoms with Crippen molar-refractivity contribution in [2.24, 2.45) is 10.2 Å². The summed E-state index contributed by atoms with van der Waals surface area (Å²) in [4.78, 5) is 8.31. The molecule has 0 aliphatic heterocycles. The van der Waals surface area contributed by atoms with Gasteiger partial charge in [-0.1, -0.05) is 30.3 Å². The SMILES string of the molecule is CCN(CC)C(=S)NN=C(C(=NNC(=S)N(CC)CC)c1cccnc1)c1ccccc1. The minimum Gasteiger partial charge on any atom is -0.348 e. The van der Waals surface area contributed by atoms with E-state index in [-0.39, 0.29) is 0 Å². The van der Waals surface area contributed by atoms with Gasteiger partial charge in [0.15, 0.2) is 10.2 Å². The van der Waals surface area contributed by atoms with Crippen LogP contribution >= 0.6 is 24.4 Å². The van der Waals surface area contributed by atoms with Crippen molar-refractivity contribution in [3.05, 3.63) is 66.0 Å². The fraction of sp³-hybridized carbons (Fsp3) is 0.348. The number of rotatable bonds is 9. The predicted molar refractivity (Wildman–Crippen MR) is 141 cm³/mol. The molecule has 2 rings (SSSR count). The summed E-state index contributed by atoms with van der Waals surface area (Å²) in [7, 11) is 0. The number of aromatic nitrogens is 1. The van der Waals surface area contributed by atoms with Crippen LogP contribution in [0.5, 0.6) is 0 Å². The highest BCUT2D eigenvalue weighted by atomic mass is 32.1. The summed E-state index contributed by atoms with van der Waals surface area (Å²) in [6.45, 7) is 11.4. The number of nitrogens with one attached hydrogen (secondary N) is 2. The Balaban J connectivity index is 2.52. The van der Waals surface area contributed by atoms with E-state index in [1.54, 1.807) is 12.4 Å². The van der Waals surface area contributed by atoms with E-state index in [4.69, 9.17) is 24.4 Å². The largest absolute Gasteiger partial charge is 0.348 e. The van der Waals surface area contributed by atoms with Crippen molar-refractivity contribution >= 4 is 46.1 Å². The van der Waals surface area contributed by atoms with Crippen LogP contribution in [0.2, 0.25) is 0 Å². The molecular weight excluding hydrogens is 438 g/mol.